The molecule has 0 aliphatic carbocycles. The largest absolute Gasteiger partial charge is 0.480 e. The maximum absolute atomic E-state index is 13.8. The van der Waals surface area contributed by atoms with E-state index < -0.39 is 53.0 Å². The SMILES string of the molecule is COc1cc(C(F)(F)C(F)(F)F)c(Cc2ccc(F)c(C(=O)O)c2)nn1. The van der Waals surface area contributed by atoms with Gasteiger partial charge in [0.05, 0.1) is 23.9 Å². The molecule has 0 saturated carbocycles. The zero-order chi connectivity index (χ0) is 19.7. The second kappa shape index (κ2) is 6.81. The quantitative estimate of drug-likeness (QED) is 0.803. The van der Waals surface area contributed by atoms with Crippen molar-refractivity contribution in [3.8, 4) is 5.88 Å². The van der Waals surface area contributed by atoms with E-state index in [4.69, 9.17) is 5.11 Å². The topological polar surface area (TPSA) is 72.3 Å². The van der Waals surface area contributed by atoms with Crippen LogP contribution in [0.5, 0.6) is 5.88 Å². The second-order valence-corrected chi connectivity index (χ2v) is 5.12. The summed E-state index contributed by atoms with van der Waals surface area (Å²) in [6.45, 7) is 0. The van der Waals surface area contributed by atoms with E-state index in [1.807, 2.05) is 0 Å². The molecule has 1 aromatic heterocycles. The Morgan fingerprint density at radius 3 is 2.35 bits per heavy atom. The molecule has 0 aliphatic heterocycles. The number of ether oxygens (including phenoxy) is 1. The number of rotatable bonds is 5. The predicted octanol–water partition coefficient (Wildman–Crippen LogP) is 3.57. The van der Waals surface area contributed by atoms with Gasteiger partial charge < -0.3 is 9.84 Å². The first-order valence-electron chi connectivity index (χ1n) is 6.84. The minimum Gasteiger partial charge on any atom is -0.480 e. The van der Waals surface area contributed by atoms with Gasteiger partial charge in [-0.2, -0.15) is 27.1 Å². The van der Waals surface area contributed by atoms with Crippen LogP contribution in [0.2, 0.25) is 0 Å². The zero-order valence-electron chi connectivity index (χ0n) is 12.9. The molecule has 0 unspecified atom stereocenters. The average molecular weight is 380 g/mol. The molecule has 1 aromatic carbocycles. The molecule has 0 aliphatic rings. The first-order chi connectivity index (χ1) is 12.0. The lowest BCUT2D eigenvalue weighted by atomic mass is 9.99. The van der Waals surface area contributed by atoms with Crippen LogP contribution in [0.4, 0.5) is 26.3 Å². The molecule has 0 spiro atoms. The number of hydrogen-bond donors (Lipinski definition) is 1. The minimum atomic E-state index is -5.90. The van der Waals surface area contributed by atoms with Crippen LogP contribution in [-0.2, 0) is 12.3 Å². The van der Waals surface area contributed by atoms with Gasteiger partial charge >= 0.3 is 18.1 Å². The highest BCUT2D eigenvalue weighted by Crippen LogP contribution is 2.45. The smallest absolute Gasteiger partial charge is 0.458 e. The van der Waals surface area contributed by atoms with Crippen molar-refractivity contribution in [3.63, 3.8) is 0 Å². The van der Waals surface area contributed by atoms with Crippen LogP contribution in [0.25, 0.3) is 0 Å². The van der Waals surface area contributed by atoms with E-state index >= 15 is 0 Å². The van der Waals surface area contributed by atoms with Gasteiger partial charge in [-0.3, -0.25) is 0 Å². The van der Waals surface area contributed by atoms with Crippen molar-refractivity contribution in [2.75, 3.05) is 7.11 Å². The number of methoxy groups -OCH3 is 1. The minimum absolute atomic E-state index is 0.0394. The number of carbonyl (C=O) groups is 1. The van der Waals surface area contributed by atoms with E-state index in [9.17, 15) is 31.1 Å². The van der Waals surface area contributed by atoms with Crippen molar-refractivity contribution in [3.05, 3.63) is 52.5 Å². The Morgan fingerprint density at radius 1 is 1.15 bits per heavy atom. The molecule has 0 atom stereocenters. The van der Waals surface area contributed by atoms with Crippen LogP contribution in [-0.4, -0.2) is 34.6 Å². The van der Waals surface area contributed by atoms with Gasteiger partial charge in [-0.05, 0) is 17.7 Å². The lowest BCUT2D eigenvalue weighted by molar-refractivity contribution is -0.289. The van der Waals surface area contributed by atoms with Crippen LogP contribution in [0.1, 0.15) is 27.2 Å². The molecule has 140 valence electrons. The first-order valence-corrected chi connectivity index (χ1v) is 6.84. The molecule has 2 aromatic rings. The summed E-state index contributed by atoms with van der Waals surface area (Å²) in [5, 5.41) is 15.5. The molecule has 0 radical (unpaired) electrons. The Balaban J connectivity index is 2.54. The summed E-state index contributed by atoms with van der Waals surface area (Å²) in [6, 6.07) is 3.02. The number of hydrogen-bond acceptors (Lipinski definition) is 4. The van der Waals surface area contributed by atoms with E-state index in [-0.39, 0.29) is 5.56 Å². The van der Waals surface area contributed by atoms with Crippen LogP contribution in [0.15, 0.2) is 24.3 Å². The normalized spacial score (nSPS) is 12.1. The summed E-state index contributed by atoms with van der Waals surface area (Å²) in [7, 11) is 1.01. The standard InChI is InChI=1S/C15H10F6N2O3/c1-26-12-6-9(14(17,18)15(19,20)21)11(22-23-12)5-7-2-3-10(16)8(4-7)13(24)25/h2-4,6H,5H2,1H3,(H,24,25). The van der Waals surface area contributed by atoms with Crippen molar-refractivity contribution in [2.24, 2.45) is 0 Å². The van der Waals surface area contributed by atoms with Crippen LogP contribution in [0.3, 0.4) is 0 Å². The van der Waals surface area contributed by atoms with Gasteiger partial charge in [0.2, 0.25) is 5.88 Å². The fourth-order valence-electron chi connectivity index (χ4n) is 2.09. The summed E-state index contributed by atoms with van der Waals surface area (Å²) in [4.78, 5) is 10.9. The van der Waals surface area contributed by atoms with Gasteiger partial charge in [-0.15, -0.1) is 5.10 Å². The monoisotopic (exact) mass is 380 g/mol. The van der Waals surface area contributed by atoms with E-state index in [0.29, 0.717) is 6.07 Å². The number of carboxylic acid groups (broad SMARTS) is 1. The molecule has 5 nitrogen and oxygen atoms in total. The highest BCUT2D eigenvalue weighted by molar-refractivity contribution is 5.88. The molecule has 0 bridgehead atoms. The van der Waals surface area contributed by atoms with Crippen molar-refractivity contribution < 1.29 is 41.0 Å². The van der Waals surface area contributed by atoms with E-state index in [0.717, 1.165) is 25.3 Å². The van der Waals surface area contributed by atoms with Gasteiger partial charge in [0.1, 0.15) is 5.82 Å². The molecule has 26 heavy (non-hydrogen) atoms. The fourth-order valence-corrected chi connectivity index (χ4v) is 2.09. The van der Waals surface area contributed by atoms with Gasteiger partial charge in [-0.25, -0.2) is 9.18 Å². The number of aromatic carboxylic acids is 1. The van der Waals surface area contributed by atoms with Crippen molar-refractivity contribution in [1.29, 1.82) is 0 Å². The number of halogens is 6. The lowest BCUT2D eigenvalue weighted by Crippen LogP contribution is -2.35. The molecular weight excluding hydrogens is 370 g/mol. The predicted molar refractivity (Wildman–Crippen MR) is 74.7 cm³/mol. The number of alkyl halides is 5. The van der Waals surface area contributed by atoms with Gasteiger partial charge in [0.25, 0.3) is 0 Å². The fraction of sp³-hybridized carbons (Fsp3) is 0.267. The van der Waals surface area contributed by atoms with Crippen LogP contribution in [0, 0.1) is 5.82 Å². The van der Waals surface area contributed by atoms with Crippen LogP contribution >= 0.6 is 0 Å². The summed E-state index contributed by atoms with van der Waals surface area (Å²) in [5.74, 6) is -8.51. The number of carboxylic acids is 1. The third kappa shape index (κ3) is 3.70. The Bertz CT molecular complexity index is 839. The Labute approximate surface area is 142 Å². The number of aromatic nitrogens is 2. The van der Waals surface area contributed by atoms with E-state index in [1.54, 1.807) is 0 Å². The summed E-state index contributed by atoms with van der Waals surface area (Å²) < 4.78 is 83.7. The number of benzene rings is 1. The number of nitrogens with zero attached hydrogens (tertiary/aromatic N) is 2. The maximum Gasteiger partial charge on any atom is 0.458 e. The molecule has 0 fully saturated rings. The molecule has 1 heterocycles. The van der Waals surface area contributed by atoms with Gasteiger partial charge in [0.15, 0.2) is 0 Å². The van der Waals surface area contributed by atoms with Gasteiger partial charge in [0, 0.05) is 12.5 Å². The maximum atomic E-state index is 13.8. The Hall–Kier alpha value is -2.85. The molecule has 0 saturated heterocycles. The third-order valence-corrected chi connectivity index (χ3v) is 3.38. The van der Waals surface area contributed by atoms with Crippen molar-refractivity contribution >= 4 is 5.97 Å². The first kappa shape index (κ1) is 19.5. The summed E-state index contributed by atoms with van der Waals surface area (Å²) in [6.07, 6.45) is -6.52. The average Bonchev–Trinajstić information content (AvgIpc) is 2.55. The highest BCUT2D eigenvalue weighted by atomic mass is 19.4. The van der Waals surface area contributed by atoms with Crippen molar-refractivity contribution in [2.45, 2.75) is 18.5 Å². The molecular formula is C15H10F6N2O3. The second-order valence-electron chi connectivity index (χ2n) is 5.12. The Morgan fingerprint density at radius 2 is 1.81 bits per heavy atom. The highest BCUT2D eigenvalue weighted by Gasteiger charge is 2.60. The van der Waals surface area contributed by atoms with Crippen LogP contribution < -0.4 is 4.74 Å². The molecule has 1 N–H and O–H groups in total. The molecule has 11 heteroatoms. The molecule has 2 rings (SSSR count). The van der Waals surface area contributed by atoms with Crippen molar-refractivity contribution in [1.82, 2.24) is 10.2 Å². The summed E-state index contributed by atoms with van der Waals surface area (Å²) in [5.41, 5.74) is -3.04. The lowest BCUT2D eigenvalue weighted by Gasteiger charge is -2.22. The molecule has 0 amide bonds. The van der Waals surface area contributed by atoms with Gasteiger partial charge in [-0.1, -0.05) is 6.07 Å². The van der Waals surface area contributed by atoms with E-state index in [1.165, 1.54) is 0 Å². The van der Waals surface area contributed by atoms with E-state index in [2.05, 4.69) is 14.9 Å². The third-order valence-electron chi connectivity index (χ3n) is 3.38. The summed E-state index contributed by atoms with van der Waals surface area (Å²) >= 11 is 0. The Kier molecular flexibility index (Phi) is 5.10. The zero-order valence-corrected chi connectivity index (χ0v) is 12.9.